The maximum absolute atomic E-state index is 12.5. The van der Waals surface area contributed by atoms with Gasteiger partial charge in [-0.05, 0) is 18.6 Å². The number of ether oxygens (including phenoxy) is 1. The monoisotopic (exact) mass is 313 g/mol. The van der Waals surface area contributed by atoms with E-state index in [4.69, 9.17) is 4.74 Å². The van der Waals surface area contributed by atoms with Crippen LogP contribution in [0.2, 0.25) is 0 Å². The lowest BCUT2D eigenvalue weighted by Crippen LogP contribution is -2.35. The molecule has 2 aromatic rings. The van der Waals surface area contributed by atoms with Crippen molar-refractivity contribution in [3.05, 3.63) is 42.4 Å². The van der Waals surface area contributed by atoms with Gasteiger partial charge in [0, 0.05) is 56.4 Å². The van der Waals surface area contributed by atoms with Gasteiger partial charge >= 0.3 is 0 Å². The van der Waals surface area contributed by atoms with Crippen LogP contribution in [0.4, 0.5) is 5.95 Å². The van der Waals surface area contributed by atoms with Crippen molar-refractivity contribution >= 4 is 11.9 Å². The minimum absolute atomic E-state index is 0.0424. The van der Waals surface area contributed by atoms with E-state index in [-0.39, 0.29) is 5.91 Å². The quantitative estimate of drug-likeness (QED) is 0.849. The van der Waals surface area contributed by atoms with Gasteiger partial charge in [0.25, 0.3) is 5.91 Å². The largest absolute Gasteiger partial charge is 0.481 e. The highest BCUT2D eigenvalue weighted by Crippen LogP contribution is 2.15. The SMILES string of the molecule is COc1ccnc(N2CCCN(C(=O)c3ccncc3)CC2)n1. The third kappa shape index (κ3) is 3.56. The van der Waals surface area contributed by atoms with Gasteiger partial charge in [-0.2, -0.15) is 4.98 Å². The molecule has 7 nitrogen and oxygen atoms in total. The van der Waals surface area contributed by atoms with Crippen molar-refractivity contribution in [3.63, 3.8) is 0 Å². The standard InChI is InChI=1S/C16H19N5O2/c1-23-14-5-8-18-16(19-14)21-10-2-9-20(11-12-21)15(22)13-3-6-17-7-4-13/h3-8H,2,9-12H2,1H3. The summed E-state index contributed by atoms with van der Waals surface area (Å²) in [5.74, 6) is 1.23. The van der Waals surface area contributed by atoms with Gasteiger partial charge in [0.15, 0.2) is 0 Å². The number of hydrogen-bond donors (Lipinski definition) is 0. The second-order valence-corrected chi connectivity index (χ2v) is 5.27. The van der Waals surface area contributed by atoms with Crippen molar-refractivity contribution in [2.24, 2.45) is 0 Å². The predicted molar refractivity (Wildman–Crippen MR) is 85.6 cm³/mol. The molecule has 1 fully saturated rings. The lowest BCUT2D eigenvalue weighted by atomic mass is 10.2. The average molecular weight is 313 g/mol. The van der Waals surface area contributed by atoms with Crippen LogP contribution < -0.4 is 9.64 Å². The molecule has 2 aromatic heterocycles. The molecular weight excluding hydrogens is 294 g/mol. The Hall–Kier alpha value is -2.70. The Morgan fingerprint density at radius 3 is 2.70 bits per heavy atom. The van der Waals surface area contributed by atoms with Gasteiger partial charge in [-0.15, -0.1) is 0 Å². The lowest BCUT2D eigenvalue weighted by Gasteiger charge is -2.22. The summed E-state index contributed by atoms with van der Waals surface area (Å²) in [4.78, 5) is 29.1. The van der Waals surface area contributed by atoms with Crippen LogP contribution in [0.3, 0.4) is 0 Å². The summed E-state index contributed by atoms with van der Waals surface area (Å²) in [6.07, 6.45) is 5.84. The molecule has 23 heavy (non-hydrogen) atoms. The lowest BCUT2D eigenvalue weighted by molar-refractivity contribution is 0.0767. The Bertz CT molecular complexity index is 665. The van der Waals surface area contributed by atoms with Crippen LogP contribution in [-0.2, 0) is 0 Å². The Balaban J connectivity index is 1.68. The molecule has 0 spiro atoms. The van der Waals surface area contributed by atoms with Crippen molar-refractivity contribution in [1.29, 1.82) is 0 Å². The van der Waals surface area contributed by atoms with Gasteiger partial charge in [0.05, 0.1) is 7.11 Å². The normalized spacial score (nSPS) is 15.2. The maximum Gasteiger partial charge on any atom is 0.254 e. The number of pyridine rings is 1. The van der Waals surface area contributed by atoms with E-state index in [1.54, 1.807) is 43.9 Å². The molecule has 1 aliphatic heterocycles. The third-order valence-corrected chi connectivity index (χ3v) is 3.82. The fourth-order valence-corrected chi connectivity index (χ4v) is 2.60. The first-order valence-corrected chi connectivity index (χ1v) is 7.59. The van der Waals surface area contributed by atoms with Crippen molar-refractivity contribution < 1.29 is 9.53 Å². The molecule has 0 bridgehead atoms. The maximum atomic E-state index is 12.5. The molecule has 3 heterocycles. The average Bonchev–Trinajstić information content (AvgIpc) is 2.88. The Morgan fingerprint density at radius 2 is 1.91 bits per heavy atom. The van der Waals surface area contributed by atoms with E-state index in [0.717, 1.165) is 19.5 Å². The van der Waals surface area contributed by atoms with Crippen LogP contribution in [0, 0.1) is 0 Å². The molecule has 0 N–H and O–H groups in total. The fourth-order valence-electron chi connectivity index (χ4n) is 2.60. The molecule has 0 atom stereocenters. The van der Waals surface area contributed by atoms with Crippen molar-refractivity contribution in [1.82, 2.24) is 19.9 Å². The van der Waals surface area contributed by atoms with E-state index in [0.29, 0.717) is 30.5 Å². The number of anilines is 1. The summed E-state index contributed by atoms with van der Waals surface area (Å²) in [5, 5.41) is 0. The zero-order valence-corrected chi connectivity index (χ0v) is 13.1. The van der Waals surface area contributed by atoms with Crippen molar-refractivity contribution in [2.75, 3.05) is 38.2 Å². The summed E-state index contributed by atoms with van der Waals surface area (Å²) >= 11 is 0. The van der Waals surface area contributed by atoms with Gasteiger partial charge in [-0.3, -0.25) is 9.78 Å². The van der Waals surface area contributed by atoms with Gasteiger partial charge in [-0.25, -0.2) is 4.98 Å². The van der Waals surface area contributed by atoms with Crippen LogP contribution in [0.25, 0.3) is 0 Å². The molecule has 0 radical (unpaired) electrons. The summed E-state index contributed by atoms with van der Waals surface area (Å²) < 4.78 is 5.15. The van der Waals surface area contributed by atoms with Crippen LogP contribution in [0.15, 0.2) is 36.8 Å². The molecular formula is C16H19N5O2. The summed E-state index contributed by atoms with van der Waals surface area (Å²) in [6.45, 7) is 2.88. The highest BCUT2D eigenvalue weighted by Gasteiger charge is 2.21. The Kier molecular flexibility index (Phi) is 4.65. The number of carbonyl (C=O) groups excluding carboxylic acids is 1. The fraction of sp³-hybridized carbons (Fsp3) is 0.375. The van der Waals surface area contributed by atoms with E-state index in [2.05, 4.69) is 19.9 Å². The number of hydrogen-bond acceptors (Lipinski definition) is 6. The molecule has 1 amide bonds. The molecule has 3 rings (SSSR count). The minimum atomic E-state index is 0.0424. The van der Waals surface area contributed by atoms with Gasteiger partial charge < -0.3 is 14.5 Å². The summed E-state index contributed by atoms with van der Waals surface area (Å²) in [7, 11) is 1.59. The molecule has 1 aliphatic rings. The molecule has 0 unspecified atom stereocenters. The molecule has 7 heteroatoms. The predicted octanol–water partition coefficient (Wildman–Crippen LogP) is 1.23. The highest BCUT2D eigenvalue weighted by molar-refractivity contribution is 5.94. The second kappa shape index (κ2) is 7.04. The van der Waals surface area contributed by atoms with Crippen molar-refractivity contribution in [3.8, 4) is 5.88 Å². The number of amides is 1. The highest BCUT2D eigenvalue weighted by atomic mass is 16.5. The van der Waals surface area contributed by atoms with E-state index in [9.17, 15) is 4.79 Å². The number of rotatable bonds is 3. The number of nitrogens with zero attached hydrogens (tertiary/aromatic N) is 5. The molecule has 0 saturated carbocycles. The first-order chi connectivity index (χ1) is 11.3. The van der Waals surface area contributed by atoms with Crippen LogP contribution in [0.1, 0.15) is 16.8 Å². The number of carbonyl (C=O) groups is 1. The van der Waals surface area contributed by atoms with Crippen LogP contribution >= 0.6 is 0 Å². The first kappa shape index (κ1) is 15.2. The molecule has 1 saturated heterocycles. The Morgan fingerprint density at radius 1 is 1.09 bits per heavy atom. The minimum Gasteiger partial charge on any atom is -0.481 e. The van der Waals surface area contributed by atoms with E-state index in [1.807, 2.05) is 4.90 Å². The van der Waals surface area contributed by atoms with E-state index in [1.165, 1.54) is 0 Å². The van der Waals surface area contributed by atoms with E-state index >= 15 is 0 Å². The number of aromatic nitrogens is 3. The van der Waals surface area contributed by atoms with Gasteiger partial charge in [-0.1, -0.05) is 0 Å². The number of methoxy groups -OCH3 is 1. The Labute approximate surface area is 134 Å². The van der Waals surface area contributed by atoms with Crippen LogP contribution in [0.5, 0.6) is 5.88 Å². The zero-order chi connectivity index (χ0) is 16.1. The van der Waals surface area contributed by atoms with E-state index < -0.39 is 0 Å². The van der Waals surface area contributed by atoms with Crippen LogP contribution in [-0.4, -0.2) is 59.0 Å². The summed E-state index contributed by atoms with van der Waals surface area (Å²) in [5.41, 5.74) is 0.672. The second-order valence-electron chi connectivity index (χ2n) is 5.27. The third-order valence-electron chi connectivity index (χ3n) is 3.82. The zero-order valence-electron chi connectivity index (χ0n) is 13.1. The smallest absolute Gasteiger partial charge is 0.254 e. The topological polar surface area (TPSA) is 71.5 Å². The first-order valence-electron chi connectivity index (χ1n) is 7.59. The summed E-state index contributed by atoms with van der Waals surface area (Å²) in [6, 6.07) is 5.22. The van der Waals surface area contributed by atoms with Crippen molar-refractivity contribution in [2.45, 2.75) is 6.42 Å². The molecule has 0 aromatic carbocycles. The van der Waals surface area contributed by atoms with Gasteiger partial charge in [0.2, 0.25) is 11.8 Å². The molecule has 120 valence electrons. The van der Waals surface area contributed by atoms with Gasteiger partial charge in [0.1, 0.15) is 0 Å². The molecule has 0 aliphatic carbocycles.